The molecule has 2 amide bonds. The van der Waals surface area contributed by atoms with E-state index in [9.17, 15) is 9.59 Å². The number of hydrogen-bond acceptors (Lipinski definition) is 6. The van der Waals surface area contributed by atoms with Gasteiger partial charge in [0, 0.05) is 50.7 Å². The van der Waals surface area contributed by atoms with Crippen LogP contribution >= 0.6 is 11.8 Å². The Morgan fingerprint density at radius 2 is 2.10 bits per heavy atom. The lowest BCUT2D eigenvalue weighted by Gasteiger charge is -2.39. The van der Waals surface area contributed by atoms with Crippen molar-refractivity contribution in [3.05, 3.63) is 29.7 Å². The van der Waals surface area contributed by atoms with Crippen LogP contribution in [0.2, 0.25) is 0 Å². The fourth-order valence-corrected chi connectivity index (χ4v) is 5.82. The van der Waals surface area contributed by atoms with Crippen LogP contribution in [0.3, 0.4) is 0 Å². The maximum atomic E-state index is 13.3. The lowest BCUT2D eigenvalue weighted by Crippen LogP contribution is -2.51. The van der Waals surface area contributed by atoms with Crippen LogP contribution in [-0.4, -0.2) is 74.5 Å². The van der Waals surface area contributed by atoms with Crippen molar-refractivity contribution in [2.75, 3.05) is 36.8 Å². The number of carbonyl (C=O) groups is 2. The lowest BCUT2D eigenvalue weighted by atomic mass is 9.92. The second-order valence-corrected chi connectivity index (χ2v) is 9.21. The van der Waals surface area contributed by atoms with E-state index in [4.69, 9.17) is 0 Å². The first-order valence-corrected chi connectivity index (χ1v) is 11.6. The van der Waals surface area contributed by atoms with Crippen LogP contribution in [0.15, 0.2) is 29.7 Å². The number of fused-ring (bicyclic) bond motifs is 2. The number of hydrogen-bond donors (Lipinski definition) is 1. The van der Waals surface area contributed by atoms with Gasteiger partial charge in [-0.1, -0.05) is 6.92 Å². The molecule has 2 aromatic heterocycles. The average Bonchev–Trinajstić information content (AvgIpc) is 3.44. The second-order valence-electron chi connectivity index (χ2n) is 8.07. The Hall–Kier alpha value is -2.55. The maximum Gasteiger partial charge on any atom is 0.261 e. The van der Waals surface area contributed by atoms with Crippen molar-refractivity contribution in [3.63, 3.8) is 0 Å². The van der Waals surface area contributed by atoms with Crippen molar-refractivity contribution >= 4 is 40.4 Å². The van der Waals surface area contributed by atoms with Crippen molar-refractivity contribution in [1.82, 2.24) is 24.8 Å². The molecule has 0 aliphatic carbocycles. The number of rotatable bonds is 3. The van der Waals surface area contributed by atoms with E-state index in [0.717, 1.165) is 60.0 Å². The zero-order valence-corrected chi connectivity index (χ0v) is 17.9. The third-order valence-corrected chi connectivity index (χ3v) is 7.43. The van der Waals surface area contributed by atoms with E-state index in [0.29, 0.717) is 18.9 Å². The van der Waals surface area contributed by atoms with Crippen LogP contribution in [0.5, 0.6) is 0 Å². The molecule has 2 atom stereocenters. The highest BCUT2D eigenvalue weighted by Gasteiger charge is 2.41. The van der Waals surface area contributed by atoms with E-state index in [1.807, 2.05) is 35.2 Å². The zero-order valence-electron chi connectivity index (χ0n) is 17.1. The highest BCUT2D eigenvalue weighted by molar-refractivity contribution is 8.04. The minimum Gasteiger partial charge on any atom is -0.346 e. The number of nitrogens with one attached hydrogen (secondary N) is 1. The number of aromatic amines is 1. The summed E-state index contributed by atoms with van der Waals surface area (Å²) >= 11 is 1.60. The topological polar surface area (TPSA) is 85.4 Å². The summed E-state index contributed by atoms with van der Waals surface area (Å²) in [6.07, 6.45) is 7.90. The summed E-state index contributed by atoms with van der Waals surface area (Å²) in [5.41, 5.74) is 0.795. The molecule has 3 aliphatic rings. The van der Waals surface area contributed by atoms with Crippen molar-refractivity contribution in [3.8, 4) is 0 Å². The summed E-state index contributed by atoms with van der Waals surface area (Å²) in [4.78, 5) is 44.2. The smallest absolute Gasteiger partial charge is 0.261 e. The number of carbonyl (C=O) groups excluding carboxylic acids is 2. The molecule has 5 heterocycles. The third kappa shape index (κ3) is 3.34. The van der Waals surface area contributed by atoms with E-state index in [-0.39, 0.29) is 17.9 Å². The molecule has 2 fully saturated rings. The molecule has 5 rings (SSSR count). The predicted molar refractivity (Wildman–Crippen MR) is 117 cm³/mol. The SMILES string of the molecule is CCC(=O)N1CC[C@H]2CCN(C(=O)C3=CN(c4ncnc5[nH]ccc45)CCS3)C[C@H]21. The van der Waals surface area contributed by atoms with Crippen LogP contribution in [0.25, 0.3) is 11.0 Å². The highest BCUT2D eigenvalue weighted by Crippen LogP contribution is 2.35. The number of likely N-dealkylation sites (tertiary alicyclic amines) is 2. The second kappa shape index (κ2) is 7.94. The normalized spacial score (nSPS) is 24.2. The van der Waals surface area contributed by atoms with Gasteiger partial charge in [-0.3, -0.25) is 9.59 Å². The maximum absolute atomic E-state index is 13.3. The molecular formula is C21H26N6O2S. The molecule has 0 unspecified atom stereocenters. The Kier molecular flexibility index (Phi) is 5.14. The molecule has 1 N–H and O–H groups in total. The predicted octanol–water partition coefficient (Wildman–Crippen LogP) is 2.21. The van der Waals surface area contributed by atoms with Crippen molar-refractivity contribution in [2.24, 2.45) is 5.92 Å². The minimum absolute atomic E-state index is 0.0679. The first-order chi connectivity index (χ1) is 14.7. The van der Waals surface area contributed by atoms with E-state index in [2.05, 4.69) is 19.9 Å². The molecule has 0 spiro atoms. The Balaban J connectivity index is 1.35. The Labute approximate surface area is 179 Å². The molecule has 3 aliphatic heterocycles. The zero-order chi connectivity index (χ0) is 20.7. The Morgan fingerprint density at radius 3 is 2.97 bits per heavy atom. The molecule has 0 bridgehead atoms. The van der Waals surface area contributed by atoms with Crippen LogP contribution in [0.4, 0.5) is 5.82 Å². The van der Waals surface area contributed by atoms with E-state index in [1.165, 1.54) is 0 Å². The molecule has 0 aromatic carbocycles. The molecule has 0 saturated carbocycles. The Bertz CT molecular complexity index is 1000. The average molecular weight is 427 g/mol. The van der Waals surface area contributed by atoms with E-state index in [1.54, 1.807) is 18.1 Å². The number of anilines is 1. The number of thioether (sulfide) groups is 1. The van der Waals surface area contributed by atoms with Crippen LogP contribution in [0, 0.1) is 5.92 Å². The number of piperidine rings is 1. The van der Waals surface area contributed by atoms with Gasteiger partial charge in [0.05, 0.1) is 16.3 Å². The minimum atomic E-state index is 0.0679. The molecule has 8 nitrogen and oxygen atoms in total. The van der Waals surface area contributed by atoms with Gasteiger partial charge in [-0.15, -0.1) is 11.8 Å². The van der Waals surface area contributed by atoms with Gasteiger partial charge in [0.15, 0.2) is 0 Å². The quantitative estimate of drug-likeness (QED) is 0.810. The largest absolute Gasteiger partial charge is 0.346 e. The third-order valence-electron chi connectivity index (χ3n) is 6.45. The van der Waals surface area contributed by atoms with E-state index < -0.39 is 0 Å². The monoisotopic (exact) mass is 426 g/mol. The molecule has 30 heavy (non-hydrogen) atoms. The Morgan fingerprint density at radius 1 is 1.23 bits per heavy atom. The summed E-state index contributed by atoms with van der Waals surface area (Å²) in [5, 5.41) is 0.952. The van der Waals surface area contributed by atoms with Gasteiger partial charge in [-0.25, -0.2) is 9.97 Å². The molecule has 9 heteroatoms. The number of amides is 2. The number of nitrogens with zero attached hydrogens (tertiary/aromatic N) is 5. The van der Waals surface area contributed by atoms with Gasteiger partial charge in [0.1, 0.15) is 17.8 Å². The van der Waals surface area contributed by atoms with Crippen molar-refractivity contribution in [1.29, 1.82) is 0 Å². The first kappa shape index (κ1) is 19.4. The first-order valence-electron chi connectivity index (χ1n) is 10.6. The number of H-pyrrole nitrogens is 1. The fourth-order valence-electron chi connectivity index (χ4n) is 4.86. The van der Waals surface area contributed by atoms with Crippen molar-refractivity contribution in [2.45, 2.75) is 32.2 Å². The van der Waals surface area contributed by atoms with Gasteiger partial charge in [-0.2, -0.15) is 0 Å². The lowest BCUT2D eigenvalue weighted by molar-refractivity contribution is -0.136. The molecule has 0 radical (unpaired) electrons. The molecule has 2 saturated heterocycles. The van der Waals surface area contributed by atoms with Gasteiger partial charge in [0.2, 0.25) is 5.91 Å². The van der Waals surface area contributed by atoms with Gasteiger partial charge >= 0.3 is 0 Å². The van der Waals surface area contributed by atoms with Gasteiger partial charge in [-0.05, 0) is 24.8 Å². The summed E-state index contributed by atoms with van der Waals surface area (Å²) in [6, 6.07) is 2.13. The summed E-state index contributed by atoms with van der Waals surface area (Å²) in [7, 11) is 0. The van der Waals surface area contributed by atoms with Gasteiger partial charge in [0.25, 0.3) is 5.91 Å². The highest BCUT2D eigenvalue weighted by atomic mass is 32.2. The summed E-state index contributed by atoms with van der Waals surface area (Å²) in [6.45, 7) is 4.94. The standard InChI is InChI=1S/C21H26N6O2S/c1-2-18(28)27-8-5-14-4-7-26(11-16(14)27)21(29)17-12-25(9-10-30-17)20-15-3-6-22-19(15)23-13-24-20/h3,6,12-14,16H,2,4-5,7-11H2,1H3,(H,22,23,24)/t14-,16-/m1/s1. The number of aromatic nitrogens is 3. The summed E-state index contributed by atoms with van der Waals surface area (Å²) < 4.78 is 0. The van der Waals surface area contributed by atoms with Crippen LogP contribution in [0.1, 0.15) is 26.2 Å². The van der Waals surface area contributed by atoms with Gasteiger partial charge < -0.3 is 19.7 Å². The summed E-state index contributed by atoms with van der Waals surface area (Å²) in [5.74, 6) is 2.44. The molecule has 158 valence electrons. The molecule has 2 aromatic rings. The fraction of sp³-hybridized carbons (Fsp3) is 0.524. The van der Waals surface area contributed by atoms with Crippen LogP contribution < -0.4 is 4.90 Å². The molecular weight excluding hydrogens is 400 g/mol. The van der Waals surface area contributed by atoms with Crippen LogP contribution in [-0.2, 0) is 9.59 Å². The van der Waals surface area contributed by atoms with E-state index >= 15 is 0 Å². The van der Waals surface area contributed by atoms with Crippen molar-refractivity contribution < 1.29 is 9.59 Å².